The van der Waals surface area contributed by atoms with Crippen molar-refractivity contribution < 1.29 is 18.8 Å². The van der Waals surface area contributed by atoms with Gasteiger partial charge in [-0.15, -0.1) is 0 Å². The standard InChI is InChI=1S/C19H34BNO4/c1-17(2,3)23-16(22)21-13-12-14-8-10-15(11-9-14)20-24-18(4,5)19(6,7)25-20/h10,14H,8-9,11-13H2,1-7H3,(H,21,22). The molecule has 2 rings (SSSR count). The first-order valence-electron chi connectivity index (χ1n) is 9.41. The van der Waals surface area contributed by atoms with E-state index in [1.165, 1.54) is 5.47 Å². The van der Waals surface area contributed by atoms with E-state index in [1.807, 2.05) is 20.8 Å². The van der Waals surface area contributed by atoms with Gasteiger partial charge in [-0.25, -0.2) is 4.79 Å². The van der Waals surface area contributed by atoms with Crippen molar-refractivity contribution in [2.75, 3.05) is 6.54 Å². The third-order valence-electron chi connectivity index (χ3n) is 5.33. The number of nitrogens with one attached hydrogen (secondary N) is 1. The Morgan fingerprint density at radius 3 is 2.36 bits per heavy atom. The lowest BCUT2D eigenvalue weighted by Gasteiger charge is -2.32. The van der Waals surface area contributed by atoms with E-state index < -0.39 is 5.60 Å². The topological polar surface area (TPSA) is 56.8 Å². The lowest BCUT2D eigenvalue weighted by molar-refractivity contribution is 0.00578. The van der Waals surface area contributed by atoms with Gasteiger partial charge in [0.1, 0.15) is 5.60 Å². The molecule has 0 aromatic carbocycles. The fourth-order valence-corrected chi connectivity index (χ4v) is 3.07. The number of allylic oxidation sites excluding steroid dienone is 2. The lowest BCUT2D eigenvalue weighted by Crippen LogP contribution is -2.41. The van der Waals surface area contributed by atoms with E-state index >= 15 is 0 Å². The van der Waals surface area contributed by atoms with Crippen LogP contribution in [0.25, 0.3) is 0 Å². The zero-order chi connectivity index (χ0) is 18.9. The average molecular weight is 351 g/mol. The first kappa shape index (κ1) is 20.3. The summed E-state index contributed by atoms with van der Waals surface area (Å²) in [6, 6.07) is 0. The first-order chi connectivity index (χ1) is 11.4. The van der Waals surface area contributed by atoms with Crippen molar-refractivity contribution in [1.29, 1.82) is 0 Å². The molecule has 25 heavy (non-hydrogen) atoms. The monoisotopic (exact) mass is 351 g/mol. The zero-order valence-electron chi connectivity index (χ0n) is 16.9. The van der Waals surface area contributed by atoms with E-state index in [1.54, 1.807) is 0 Å². The van der Waals surface area contributed by atoms with Crippen molar-refractivity contribution >= 4 is 13.2 Å². The van der Waals surface area contributed by atoms with Gasteiger partial charge >= 0.3 is 13.2 Å². The summed E-state index contributed by atoms with van der Waals surface area (Å²) in [5, 5.41) is 2.84. The van der Waals surface area contributed by atoms with Crippen LogP contribution >= 0.6 is 0 Å². The maximum absolute atomic E-state index is 11.7. The van der Waals surface area contributed by atoms with Gasteiger partial charge in [-0.05, 0) is 85.5 Å². The summed E-state index contributed by atoms with van der Waals surface area (Å²) in [4.78, 5) is 11.7. The Morgan fingerprint density at radius 1 is 1.28 bits per heavy atom. The fraction of sp³-hybridized carbons (Fsp3) is 0.842. The number of carbonyl (C=O) groups is 1. The summed E-state index contributed by atoms with van der Waals surface area (Å²) in [6.07, 6.45) is 6.00. The molecule has 0 aromatic heterocycles. The smallest absolute Gasteiger partial charge is 0.444 e. The second-order valence-corrected chi connectivity index (χ2v) is 9.23. The van der Waals surface area contributed by atoms with Crippen molar-refractivity contribution in [3.05, 3.63) is 11.5 Å². The summed E-state index contributed by atoms with van der Waals surface area (Å²) in [7, 11) is -0.217. The average Bonchev–Trinajstić information content (AvgIpc) is 2.66. The minimum Gasteiger partial charge on any atom is -0.444 e. The molecule has 0 aromatic rings. The summed E-state index contributed by atoms with van der Waals surface area (Å²) < 4.78 is 17.5. The molecule has 6 heteroatoms. The fourth-order valence-electron chi connectivity index (χ4n) is 3.07. The molecule has 1 unspecified atom stereocenters. The highest BCUT2D eigenvalue weighted by molar-refractivity contribution is 6.54. The summed E-state index contributed by atoms with van der Waals surface area (Å²) >= 11 is 0. The molecule has 0 saturated carbocycles. The normalized spacial score (nSPS) is 25.5. The Labute approximate surface area is 153 Å². The molecule has 1 heterocycles. The molecule has 142 valence electrons. The maximum atomic E-state index is 11.7. The highest BCUT2D eigenvalue weighted by Crippen LogP contribution is 2.40. The lowest BCUT2D eigenvalue weighted by atomic mass is 9.70. The summed E-state index contributed by atoms with van der Waals surface area (Å²) in [6.45, 7) is 14.6. The second kappa shape index (κ2) is 7.32. The van der Waals surface area contributed by atoms with Gasteiger partial charge in [0, 0.05) is 6.54 Å². The maximum Gasteiger partial charge on any atom is 0.490 e. The van der Waals surface area contributed by atoms with Gasteiger partial charge in [-0.3, -0.25) is 0 Å². The number of alkyl carbamates (subject to hydrolysis) is 1. The Balaban J connectivity index is 1.75. The highest BCUT2D eigenvalue weighted by atomic mass is 16.7. The number of rotatable bonds is 4. The van der Waals surface area contributed by atoms with Gasteiger partial charge in [0.05, 0.1) is 11.2 Å². The van der Waals surface area contributed by atoms with Crippen molar-refractivity contribution in [2.24, 2.45) is 5.92 Å². The predicted molar refractivity (Wildman–Crippen MR) is 100 cm³/mol. The van der Waals surface area contributed by atoms with Crippen LogP contribution in [0.5, 0.6) is 0 Å². The molecule has 0 radical (unpaired) electrons. The molecular weight excluding hydrogens is 317 g/mol. The van der Waals surface area contributed by atoms with E-state index in [-0.39, 0.29) is 24.4 Å². The minimum atomic E-state index is -0.449. The SMILES string of the molecule is CC(C)(C)OC(=O)NCCC1CC=C(B2OC(C)(C)C(C)(C)O2)CC1. The molecule has 1 atom stereocenters. The molecule has 1 aliphatic heterocycles. The molecule has 5 nitrogen and oxygen atoms in total. The molecule has 1 saturated heterocycles. The third kappa shape index (κ3) is 5.48. The number of hydrogen-bond donors (Lipinski definition) is 1. The number of ether oxygens (including phenoxy) is 1. The van der Waals surface area contributed by atoms with Crippen LogP contribution in [0.4, 0.5) is 4.79 Å². The van der Waals surface area contributed by atoms with Crippen molar-refractivity contribution in [1.82, 2.24) is 5.32 Å². The van der Waals surface area contributed by atoms with Crippen molar-refractivity contribution in [3.8, 4) is 0 Å². The number of hydrogen-bond acceptors (Lipinski definition) is 4. The van der Waals surface area contributed by atoms with Gasteiger partial charge in [0.15, 0.2) is 0 Å². The van der Waals surface area contributed by atoms with E-state index in [0.717, 1.165) is 25.7 Å². The van der Waals surface area contributed by atoms with Gasteiger partial charge < -0.3 is 19.4 Å². The summed E-state index contributed by atoms with van der Waals surface area (Å²) in [5.74, 6) is 0.584. The van der Waals surface area contributed by atoms with Crippen LogP contribution in [0.15, 0.2) is 11.5 Å². The Morgan fingerprint density at radius 2 is 1.88 bits per heavy atom. The van der Waals surface area contributed by atoms with E-state index in [2.05, 4.69) is 39.1 Å². The Bertz CT molecular complexity index is 506. The Hall–Kier alpha value is -1.01. The van der Waals surface area contributed by atoms with Gasteiger partial charge in [0.2, 0.25) is 0 Å². The van der Waals surface area contributed by atoms with Crippen LogP contribution in [0.2, 0.25) is 0 Å². The van der Waals surface area contributed by atoms with E-state index in [9.17, 15) is 4.79 Å². The van der Waals surface area contributed by atoms with Crippen molar-refractivity contribution in [3.63, 3.8) is 0 Å². The molecule has 1 amide bonds. The molecular formula is C19H34BNO4. The molecule has 1 aliphatic carbocycles. The van der Waals surface area contributed by atoms with Crippen LogP contribution in [-0.2, 0) is 14.0 Å². The highest BCUT2D eigenvalue weighted by Gasteiger charge is 2.52. The van der Waals surface area contributed by atoms with Gasteiger partial charge in [-0.2, -0.15) is 0 Å². The van der Waals surface area contributed by atoms with Gasteiger partial charge in [-0.1, -0.05) is 6.08 Å². The summed E-state index contributed by atoms with van der Waals surface area (Å²) in [5.41, 5.74) is 0.240. The van der Waals surface area contributed by atoms with Crippen LogP contribution in [-0.4, -0.2) is 36.6 Å². The van der Waals surface area contributed by atoms with Crippen LogP contribution in [0.1, 0.15) is 74.1 Å². The van der Waals surface area contributed by atoms with E-state index in [0.29, 0.717) is 12.5 Å². The third-order valence-corrected chi connectivity index (χ3v) is 5.33. The van der Waals surface area contributed by atoms with Crippen LogP contribution in [0.3, 0.4) is 0 Å². The zero-order valence-corrected chi connectivity index (χ0v) is 16.9. The molecule has 0 spiro atoms. The molecule has 2 aliphatic rings. The number of carbonyl (C=O) groups excluding carboxylic acids is 1. The molecule has 1 N–H and O–H groups in total. The largest absolute Gasteiger partial charge is 0.490 e. The van der Waals surface area contributed by atoms with Crippen LogP contribution < -0.4 is 5.32 Å². The number of amides is 1. The predicted octanol–water partition coefficient (Wildman–Crippen LogP) is 4.26. The second-order valence-electron chi connectivity index (χ2n) is 9.23. The first-order valence-corrected chi connectivity index (χ1v) is 9.41. The minimum absolute atomic E-state index is 0.217. The Kier molecular flexibility index (Phi) is 5.94. The van der Waals surface area contributed by atoms with Crippen molar-refractivity contribution in [2.45, 2.75) is 91.0 Å². The van der Waals surface area contributed by atoms with Crippen LogP contribution in [0, 0.1) is 5.92 Å². The molecule has 0 bridgehead atoms. The van der Waals surface area contributed by atoms with E-state index in [4.69, 9.17) is 14.0 Å². The quantitative estimate of drug-likeness (QED) is 0.769. The molecule has 1 fully saturated rings. The van der Waals surface area contributed by atoms with Gasteiger partial charge in [0.25, 0.3) is 0 Å².